The van der Waals surface area contributed by atoms with Crippen molar-refractivity contribution in [3.05, 3.63) is 64.2 Å². The van der Waals surface area contributed by atoms with E-state index in [4.69, 9.17) is 26.3 Å². The smallest absolute Gasteiger partial charge is 0.328 e. The highest BCUT2D eigenvalue weighted by Crippen LogP contribution is 2.41. The van der Waals surface area contributed by atoms with Crippen molar-refractivity contribution in [3.8, 4) is 6.07 Å². The quantitative estimate of drug-likeness (QED) is 0.460. The maximum Gasteiger partial charge on any atom is 0.328 e. The highest BCUT2D eigenvalue weighted by Gasteiger charge is 2.42. The van der Waals surface area contributed by atoms with Gasteiger partial charge in [0.05, 0.1) is 34.7 Å². The van der Waals surface area contributed by atoms with Crippen LogP contribution < -0.4 is 10.6 Å². The molecule has 2 aromatic carbocycles. The second kappa shape index (κ2) is 12.5. The van der Waals surface area contributed by atoms with Gasteiger partial charge in [0.2, 0.25) is 5.91 Å². The summed E-state index contributed by atoms with van der Waals surface area (Å²) in [6, 6.07) is 12.5. The van der Waals surface area contributed by atoms with Crippen molar-refractivity contribution in [2.45, 2.75) is 44.6 Å². The van der Waals surface area contributed by atoms with Gasteiger partial charge in [-0.3, -0.25) is 9.59 Å². The van der Waals surface area contributed by atoms with Gasteiger partial charge in [-0.2, -0.15) is 5.26 Å². The molecule has 0 spiro atoms. The number of hydrogen-bond donors (Lipinski definition) is 2. The van der Waals surface area contributed by atoms with E-state index in [9.17, 15) is 14.4 Å². The monoisotopic (exact) mass is 511 g/mol. The lowest BCUT2D eigenvalue weighted by atomic mass is 9.81. The fourth-order valence-electron chi connectivity index (χ4n) is 4.51. The number of benzene rings is 2. The Labute approximate surface area is 215 Å². The first kappa shape index (κ1) is 27.2. The number of esters is 1. The van der Waals surface area contributed by atoms with Gasteiger partial charge in [-0.05, 0) is 55.2 Å². The molecule has 0 bridgehead atoms. The molecule has 1 saturated carbocycles. The molecule has 36 heavy (non-hydrogen) atoms. The van der Waals surface area contributed by atoms with E-state index in [0.717, 1.165) is 31.2 Å². The van der Waals surface area contributed by atoms with Crippen LogP contribution in [0.3, 0.4) is 0 Å². The molecule has 9 heteroatoms. The zero-order valence-electron chi connectivity index (χ0n) is 20.4. The van der Waals surface area contributed by atoms with Crippen LogP contribution in [0, 0.1) is 16.7 Å². The molecule has 2 amide bonds. The largest absolute Gasteiger partial charge is 0.467 e. The molecule has 0 saturated heterocycles. The molecular weight excluding hydrogens is 482 g/mol. The van der Waals surface area contributed by atoms with E-state index < -0.39 is 23.3 Å². The van der Waals surface area contributed by atoms with Crippen molar-refractivity contribution >= 4 is 35.1 Å². The van der Waals surface area contributed by atoms with Gasteiger partial charge in [-0.25, -0.2) is 4.79 Å². The van der Waals surface area contributed by atoms with Crippen LogP contribution in [0.15, 0.2) is 42.5 Å². The summed E-state index contributed by atoms with van der Waals surface area (Å²) in [5.41, 5.74) is 1.30. The van der Waals surface area contributed by atoms with Gasteiger partial charge in [-0.15, -0.1) is 0 Å². The number of nitrogens with zero attached hydrogens (tertiary/aromatic N) is 1. The van der Waals surface area contributed by atoms with Crippen LogP contribution in [-0.2, 0) is 25.5 Å². The molecule has 190 valence electrons. The Morgan fingerprint density at radius 2 is 1.81 bits per heavy atom. The molecule has 3 rings (SSSR count). The Hall–Kier alpha value is -3.41. The van der Waals surface area contributed by atoms with Crippen LogP contribution in [0.4, 0.5) is 5.69 Å². The fraction of sp³-hybridized carbons (Fsp3) is 0.407. The topological polar surface area (TPSA) is 118 Å². The Morgan fingerprint density at radius 3 is 2.42 bits per heavy atom. The van der Waals surface area contributed by atoms with Gasteiger partial charge in [0.25, 0.3) is 5.91 Å². The second-order valence-corrected chi connectivity index (χ2v) is 9.35. The average Bonchev–Trinajstić information content (AvgIpc) is 3.38. The van der Waals surface area contributed by atoms with E-state index in [1.54, 1.807) is 31.4 Å². The molecule has 0 radical (unpaired) electrons. The van der Waals surface area contributed by atoms with Crippen molar-refractivity contribution in [2.24, 2.45) is 5.41 Å². The predicted octanol–water partition coefficient (Wildman–Crippen LogP) is 4.26. The van der Waals surface area contributed by atoms with Crippen LogP contribution >= 0.6 is 11.6 Å². The van der Waals surface area contributed by atoms with Crippen molar-refractivity contribution in [1.29, 1.82) is 5.26 Å². The van der Waals surface area contributed by atoms with E-state index in [-0.39, 0.29) is 22.9 Å². The number of carbonyl (C=O) groups excluding carboxylic acids is 3. The molecule has 0 heterocycles. The number of carbonyl (C=O) groups is 3. The number of nitriles is 1. The molecule has 0 aliphatic heterocycles. The first-order chi connectivity index (χ1) is 17.3. The van der Waals surface area contributed by atoms with Crippen LogP contribution in [-0.4, -0.2) is 44.7 Å². The maximum atomic E-state index is 13.2. The number of halogens is 1. The van der Waals surface area contributed by atoms with E-state index in [1.807, 2.05) is 6.07 Å². The van der Waals surface area contributed by atoms with Gasteiger partial charge in [-0.1, -0.05) is 36.6 Å². The first-order valence-electron chi connectivity index (χ1n) is 11.8. The van der Waals surface area contributed by atoms with E-state index in [2.05, 4.69) is 10.6 Å². The highest BCUT2D eigenvalue weighted by molar-refractivity contribution is 6.34. The molecule has 0 unspecified atom stereocenters. The van der Waals surface area contributed by atoms with Gasteiger partial charge in [0, 0.05) is 25.8 Å². The van der Waals surface area contributed by atoms with Crippen molar-refractivity contribution in [2.75, 3.05) is 26.1 Å². The number of hydrogen-bond acceptors (Lipinski definition) is 6. The SMILES string of the molecule is COCCC1(C(=O)N[C@@H](Cc2ccc(NC(=O)c3cc(C#N)ccc3Cl)cc2)C(=O)OC)CCCC1. The Balaban J connectivity index is 1.68. The van der Waals surface area contributed by atoms with Crippen molar-refractivity contribution < 1.29 is 23.9 Å². The van der Waals surface area contributed by atoms with Crippen molar-refractivity contribution in [3.63, 3.8) is 0 Å². The zero-order valence-corrected chi connectivity index (χ0v) is 21.2. The lowest BCUT2D eigenvalue weighted by Gasteiger charge is -2.29. The summed E-state index contributed by atoms with van der Waals surface area (Å²) in [6.45, 7) is 0.482. The number of anilines is 1. The Bertz CT molecular complexity index is 1140. The summed E-state index contributed by atoms with van der Waals surface area (Å²) < 4.78 is 10.2. The summed E-state index contributed by atoms with van der Waals surface area (Å²) in [5.74, 6) is -1.11. The van der Waals surface area contributed by atoms with Crippen LogP contribution in [0.2, 0.25) is 5.02 Å². The van der Waals surface area contributed by atoms with Gasteiger partial charge in [0.15, 0.2) is 0 Å². The molecule has 2 N–H and O–H groups in total. The Morgan fingerprint density at radius 1 is 1.11 bits per heavy atom. The van der Waals surface area contributed by atoms with Crippen LogP contribution in [0.25, 0.3) is 0 Å². The lowest BCUT2D eigenvalue weighted by Crippen LogP contribution is -2.49. The molecule has 1 aliphatic rings. The minimum absolute atomic E-state index is 0.146. The fourth-order valence-corrected chi connectivity index (χ4v) is 4.72. The van der Waals surface area contributed by atoms with Crippen LogP contribution in [0.1, 0.15) is 53.6 Å². The molecule has 2 aromatic rings. The highest BCUT2D eigenvalue weighted by atomic mass is 35.5. The third kappa shape index (κ3) is 6.62. The van der Waals surface area contributed by atoms with Gasteiger partial charge in [0.1, 0.15) is 6.04 Å². The second-order valence-electron chi connectivity index (χ2n) is 8.94. The summed E-state index contributed by atoms with van der Waals surface area (Å²) in [7, 11) is 2.91. The number of nitrogens with one attached hydrogen (secondary N) is 2. The zero-order chi connectivity index (χ0) is 26.1. The normalized spacial score (nSPS) is 14.9. The molecular formula is C27H30ClN3O5. The number of rotatable bonds is 10. The minimum Gasteiger partial charge on any atom is -0.467 e. The molecule has 1 atom stereocenters. The summed E-state index contributed by atoms with van der Waals surface area (Å²) in [5, 5.41) is 15.0. The molecule has 1 fully saturated rings. The average molecular weight is 512 g/mol. The van der Waals surface area contributed by atoms with E-state index >= 15 is 0 Å². The third-order valence-corrected chi connectivity index (χ3v) is 6.94. The van der Waals surface area contributed by atoms with Gasteiger partial charge >= 0.3 is 5.97 Å². The van der Waals surface area contributed by atoms with E-state index in [1.165, 1.54) is 25.3 Å². The summed E-state index contributed by atoms with van der Waals surface area (Å²) >= 11 is 6.11. The van der Waals surface area contributed by atoms with E-state index in [0.29, 0.717) is 24.3 Å². The Kier molecular flexibility index (Phi) is 9.45. The lowest BCUT2D eigenvalue weighted by molar-refractivity contribution is -0.146. The molecule has 1 aliphatic carbocycles. The summed E-state index contributed by atoms with van der Waals surface area (Å²) in [6.07, 6.45) is 4.33. The minimum atomic E-state index is -0.838. The number of amides is 2. The van der Waals surface area contributed by atoms with Crippen LogP contribution in [0.5, 0.6) is 0 Å². The first-order valence-corrected chi connectivity index (χ1v) is 12.2. The molecule has 0 aromatic heterocycles. The third-order valence-electron chi connectivity index (χ3n) is 6.61. The number of methoxy groups -OCH3 is 2. The number of ether oxygens (including phenoxy) is 2. The molecule has 8 nitrogen and oxygen atoms in total. The van der Waals surface area contributed by atoms with Crippen molar-refractivity contribution in [1.82, 2.24) is 5.32 Å². The summed E-state index contributed by atoms with van der Waals surface area (Å²) in [4.78, 5) is 38.3. The standard InChI is InChI=1S/C27H30ClN3O5/c1-35-14-13-27(11-3-4-12-27)26(34)31-23(25(33)36-2)16-18-5-8-20(9-6-18)30-24(32)21-15-19(17-29)7-10-22(21)28/h5-10,15,23H,3-4,11-14,16H2,1-2H3,(H,30,32)(H,31,34)/t23-/m0/s1. The maximum absolute atomic E-state index is 13.2. The predicted molar refractivity (Wildman–Crippen MR) is 136 cm³/mol. The van der Waals surface area contributed by atoms with Gasteiger partial charge < -0.3 is 20.1 Å².